The van der Waals surface area contributed by atoms with E-state index in [0.29, 0.717) is 19.1 Å². The van der Waals surface area contributed by atoms with Crippen LogP contribution in [0, 0.1) is 11.8 Å². The quantitative estimate of drug-likeness (QED) is 0.550. The molecule has 1 heterocycles. The number of hydrogen-bond acceptors (Lipinski definition) is 3. The highest BCUT2D eigenvalue weighted by Crippen LogP contribution is 2.25. The summed E-state index contributed by atoms with van der Waals surface area (Å²) in [6, 6.07) is 0. The minimum atomic E-state index is -1.17. The third-order valence-electron chi connectivity index (χ3n) is 2.12. The van der Waals surface area contributed by atoms with Crippen molar-refractivity contribution in [1.82, 2.24) is 0 Å². The van der Waals surface area contributed by atoms with E-state index in [9.17, 15) is 0 Å². The van der Waals surface area contributed by atoms with Gasteiger partial charge in [-0.3, -0.25) is 0 Å². The first-order valence-corrected chi connectivity index (χ1v) is 3.69. The molecular formula is C7H14O3. The molecule has 3 nitrogen and oxygen atoms in total. The van der Waals surface area contributed by atoms with Crippen LogP contribution in [0.1, 0.15) is 13.3 Å². The van der Waals surface area contributed by atoms with Crippen LogP contribution in [0.4, 0.5) is 0 Å². The lowest BCUT2D eigenvalue weighted by molar-refractivity contribution is -0.153. The minimum absolute atomic E-state index is 0.00810. The number of aliphatic hydroxyl groups excluding tert-OH is 1. The summed E-state index contributed by atoms with van der Waals surface area (Å²) in [5.74, 6) is 0.374. The van der Waals surface area contributed by atoms with Gasteiger partial charge in [-0.15, -0.1) is 0 Å². The molecule has 1 atom stereocenters. The zero-order valence-corrected chi connectivity index (χ0v) is 6.16. The second-order valence-corrected chi connectivity index (χ2v) is 2.78. The summed E-state index contributed by atoms with van der Waals surface area (Å²) < 4.78 is 4.95. The molecule has 1 fully saturated rings. The molecule has 0 aromatic rings. The first kappa shape index (κ1) is 7.98. The molecule has 3 heteroatoms. The van der Waals surface area contributed by atoms with Crippen LogP contribution in [0.3, 0.4) is 0 Å². The van der Waals surface area contributed by atoms with Gasteiger partial charge >= 0.3 is 0 Å². The molecule has 0 aromatic carbocycles. The lowest BCUT2D eigenvalue weighted by Gasteiger charge is -2.33. The van der Waals surface area contributed by atoms with E-state index in [1.54, 1.807) is 0 Å². The zero-order chi connectivity index (χ0) is 7.56. The van der Waals surface area contributed by atoms with E-state index >= 15 is 0 Å². The van der Waals surface area contributed by atoms with E-state index in [1.165, 1.54) is 0 Å². The van der Waals surface area contributed by atoms with Crippen molar-refractivity contribution in [3.8, 4) is 0 Å². The molecule has 1 rings (SSSR count). The lowest BCUT2D eigenvalue weighted by Crippen LogP contribution is -2.39. The molecule has 2 N–H and O–H groups in total. The van der Waals surface area contributed by atoms with Gasteiger partial charge in [0.1, 0.15) is 0 Å². The Balaban J connectivity index is 2.31. The van der Waals surface area contributed by atoms with Gasteiger partial charge in [0.25, 0.3) is 0 Å². The van der Waals surface area contributed by atoms with Gasteiger partial charge in [-0.1, -0.05) is 6.92 Å². The largest absolute Gasteiger partial charge is 0.381 e. The van der Waals surface area contributed by atoms with Crippen molar-refractivity contribution in [1.29, 1.82) is 0 Å². The van der Waals surface area contributed by atoms with Gasteiger partial charge in [-0.25, -0.2) is 0 Å². The molecule has 1 saturated heterocycles. The molecule has 0 radical (unpaired) electrons. The van der Waals surface area contributed by atoms with Crippen LogP contribution in [0.25, 0.3) is 0 Å². The Morgan fingerprint density at radius 2 is 2.10 bits per heavy atom. The predicted molar refractivity (Wildman–Crippen MR) is 36.3 cm³/mol. The topological polar surface area (TPSA) is 49.7 Å². The molecule has 1 unspecified atom stereocenters. The van der Waals surface area contributed by atoms with Crippen molar-refractivity contribution in [2.24, 2.45) is 11.8 Å². The number of aliphatic hydroxyl groups is 2. The minimum Gasteiger partial charge on any atom is -0.381 e. The summed E-state index contributed by atoms with van der Waals surface area (Å²) in [4.78, 5) is 0. The third kappa shape index (κ3) is 1.48. The van der Waals surface area contributed by atoms with Crippen molar-refractivity contribution in [3.63, 3.8) is 0 Å². The van der Waals surface area contributed by atoms with E-state index < -0.39 is 6.29 Å². The van der Waals surface area contributed by atoms with E-state index in [1.807, 2.05) is 6.92 Å². The summed E-state index contributed by atoms with van der Waals surface area (Å²) in [5, 5.41) is 17.7. The Morgan fingerprint density at radius 1 is 1.50 bits per heavy atom. The normalized spacial score (nSPS) is 22.8. The molecular weight excluding hydrogens is 132 g/mol. The highest BCUT2D eigenvalue weighted by molar-refractivity contribution is 4.75. The SMILES string of the molecule is CCC(C(O)O)C1COC1. The van der Waals surface area contributed by atoms with Gasteiger partial charge in [0.15, 0.2) is 6.29 Å². The second kappa shape index (κ2) is 3.32. The molecule has 0 spiro atoms. The van der Waals surface area contributed by atoms with Crippen molar-refractivity contribution in [2.75, 3.05) is 13.2 Å². The van der Waals surface area contributed by atoms with Crippen LogP contribution in [0.15, 0.2) is 0 Å². The van der Waals surface area contributed by atoms with Crippen LogP contribution in [0.5, 0.6) is 0 Å². The average molecular weight is 146 g/mol. The Morgan fingerprint density at radius 3 is 2.20 bits per heavy atom. The van der Waals surface area contributed by atoms with Crippen LogP contribution in [-0.2, 0) is 4.74 Å². The van der Waals surface area contributed by atoms with Gasteiger partial charge in [0, 0.05) is 11.8 Å². The van der Waals surface area contributed by atoms with E-state index in [-0.39, 0.29) is 5.92 Å². The Labute approximate surface area is 60.6 Å². The molecule has 0 aliphatic carbocycles. The first-order valence-electron chi connectivity index (χ1n) is 3.69. The summed E-state index contributed by atoms with van der Waals surface area (Å²) >= 11 is 0. The smallest absolute Gasteiger partial charge is 0.154 e. The van der Waals surface area contributed by atoms with E-state index in [0.717, 1.165) is 6.42 Å². The van der Waals surface area contributed by atoms with E-state index in [4.69, 9.17) is 14.9 Å². The third-order valence-corrected chi connectivity index (χ3v) is 2.12. The van der Waals surface area contributed by atoms with Gasteiger partial charge in [0.05, 0.1) is 13.2 Å². The summed E-state index contributed by atoms with van der Waals surface area (Å²) in [6.45, 7) is 3.34. The van der Waals surface area contributed by atoms with Crippen molar-refractivity contribution < 1.29 is 14.9 Å². The molecule has 10 heavy (non-hydrogen) atoms. The van der Waals surface area contributed by atoms with Gasteiger partial charge in [0.2, 0.25) is 0 Å². The molecule has 1 aliphatic heterocycles. The first-order chi connectivity index (χ1) is 4.75. The van der Waals surface area contributed by atoms with Crippen molar-refractivity contribution in [3.05, 3.63) is 0 Å². The highest BCUT2D eigenvalue weighted by Gasteiger charge is 2.30. The van der Waals surface area contributed by atoms with Crippen molar-refractivity contribution >= 4 is 0 Å². The number of hydrogen-bond donors (Lipinski definition) is 2. The zero-order valence-electron chi connectivity index (χ0n) is 6.16. The maximum Gasteiger partial charge on any atom is 0.154 e. The summed E-state index contributed by atoms with van der Waals surface area (Å²) in [7, 11) is 0. The second-order valence-electron chi connectivity index (χ2n) is 2.78. The van der Waals surface area contributed by atoms with Gasteiger partial charge < -0.3 is 14.9 Å². The van der Waals surface area contributed by atoms with Crippen LogP contribution in [0.2, 0.25) is 0 Å². The molecule has 1 aliphatic rings. The lowest BCUT2D eigenvalue weighted by atomic mass is 9.88. The Kier molecular flexibility index (Phi) is 2.65. The summed E-state index contributed by atoms with van der Waals surface area (Å²) in [5.41, 5.74) is 0. The predicted octanol–water partition coefficient (Wildman–Crippen LogP) is -0.0303. The molecule has 0 bridgehead atoms. The van der Waals surface area contributed by atoms with Crippen LogP contribution < -0.4 is 0 Å². The maximum absolute atomic E-state index is 8.85. The van der Waals surface area contributed by atoms with E-state index in [2.05, 4.69) is 0 Å². The molecule has 0 amide bonds. The number of ether oxygens (including phenoxy) is 1. The van der Waals surface area contributed by atoms with Gasteiger partial charge in [-0.05, 0) is 6.42 Å². The van der Waals surface area contributed by atoms with Crippen LogP contribution >= 0.6 is 0 Å². The molecule has 0 aromatic heterocycles. The van der Waals surface area contributed by atoms with Crippen molar-refractivity contribution in [2.45, 2.75) is 19.6 Å². The van der Waals surface area contributed by atoms with Gasteiger partial charge in [-0.2, -0.15) is 0 Å². The maximum atomic E-state index is 8.85. The molecule has 0 saturated carbocycles. The molecule has 60 valence electrons. The fraction of sp³-hybridized carbons (Fsp3) is 1.00. The fourth-order valence-electron chi connectivity index (χ4n) is 1.29. The average Bonchev–Trinajstić information content (AvgIpc) is 1.76. The highest BCUT2D eigenvalue weighted by atomic mass is 16.5. The number of rotatable bonds is 3. The summed E-state index contributed by atoms with van der Waals surface area (Å²) in [6.07, 6.45) is -0.356. The Hall–Kier alpha value is -0.120. The fourth-order valence-corrected chi connectivity index (χ4v) is 1.29. The van der Waals surface area contributed by atoms with Crippen LogP contribution in [-0.4, -0.2) is 29.7 Å². The monoisotopic (exact) mass is 146 g/mol. The Bertz CT molecular complexity index is 99.0. The standard InChI is InChI=1S/C7H14O3/c1-2-6(7(8)9)5-3-10-4-5/h5-9H,2-4H2,1H3.